The van der Waals surface area contributed by atoms with Crippen molar-refractivity contribution in [1.82, 2.24) is 5.32 Å². The molecule has 0 spiro atoms. The molecule has 1 aromatic rings. The van der Waals surface area contributed by atoms with Crippen LogP contribution in [0.15, 0.2) is 33.6 Å². The largest absolute Gasteiger partial charge is 0.480 e. The molecule has 1 unspecified atom stereocenters. The third kappa shape index (κ3) is 5.57. The Morgan fingerprint density at radius 1 is 1.53 bits per heavy atom. The van der Waals surface area contributed by atoms with Crippen LogP contribution >= 0.6 is 27.7 Å². The Morgan fingerprint density at radius 3 is 2.76 bits per heavy atom. The number of benzene rings is 1. The average Bonchev–Trinajstić information content (AvgIpc) is 2.23. The summed E-state index contributed by atoms with van der Waals surface area (Å²) in [4.78, 5) is 12.1. The normalized spacial score (nSPS) is 12.7. The highest BCUT2D eigenvalue weighted by molar-refractivity contribution is 9.10. The number of rotatable bonds is 6. The molecule has 0 saturated carbocycles. The van der Waals surface area contributed by atoms with E-state index in [2.05, 4.69) is 21.2 Å². The molecule has 3 nitrogen and oxygen atoms in total. The summed E-state index contributed by atoms with van der Waals surface area (Å²) in [6.07, 6.45) is 0. The van der Waals surface area contributed by atoms with Gasteiger partial charge < -0.3 is 10.4 Å². The fraction of sp³-hybridized carbons (Fsp3) is 0.417. The Morgan fingerprint density at radius 2 is 2.24 bits per heavy atom. The zero-order valence-corrected chi connectivity index (χ0v) is 12.2. The summed E-state index contributed by atoms with van der Waals surface area (Å²) in [7, 11) is 0. The molecule has 5 heteroatoms. The molecule has 2 N–H and O–H groups in total. The van der Waals surface area contributed by atoms with E-state index in [-0.39, 0.29) is 6.04 Å². The lowest BCUT2D eigenvalue weighted by atomic mass is 10.3. The smallest absolute Gasteiger partial charge is 0.321 e. The van der Waals surface area contributed by atoms with E-state index in [9.17, 15) is 4.79 Å². The molecule has 1 aromatic carbocycles. The Hall–Kier alpha value is -0.520. The van der Waals surface area contributed by atoms with E-state index < -0.39 is 12.0 Å². The topological polar surface area (TPSA) is 49.3 Å². The van der Waals surface area contributed by atoms with Crippen molar-refractivity contribution in [3.63, 3.8) is 0 Å². The van der Waals surface area contributed by atoms with E-state index in [0.717, 1.165) is 9.37 Å². The van der Waals surface area contributed by atoms with Crippen molar-refractivity contribution in [3.8, 4) is 0 Å². The van der Waals surface area contributed by atoms with Gasteiger partial charge in [0.05, 0.1) is 0 Å². The molecule has 94 valence electrons. The van der Waals surface area contributed by atoms with Gasteiger partial charge >= 0.3 is 5.97 Å². The maximum atomic E-state index is 11.0. The van der Waals surface area contributed by atoms with E-state index >= 15 is 0 Å². The van der Waals surface area contributed by atoms with Gasteiger partial charge in [0.15, 0.2) is 0 Å². The van der Waals surface area contributed by atoms with Crippen LogP contribution in [0.25, 0.3) is 0 Å². The number of carbonyl (C=O) groups is 1. The summed E-state index contributed by atoms with van der Waals surface area (Å²) in [6, 6.07) is 7.50. The minimum Gasteiger partial charge on any atom is -0.480 e. The summed E-state index contributed by atoms with van der Waals surface area (Å²) < 4.78 is 1.01. The van der Waals surface area contributed by atoms with Crippen LogP contribution < -0.4 is 5.32 Å². The summed E-state index contributed by atoms with van der Waals surface area (Å²) in [5, 5.41) is 12.1. The second-order valence-corrected chi connectivity index (χ2v) is 5.99. The molecular formula is C12H16BrNO2S. The van der Waals surface area contributed by atoms with Crippen LogP contribution in [0.5, 0.6) is 0 Å². The Labute approximate surface area is 114 Å². The minimum absolute atomic E-state index is 0.166. The lowest BCUT2D eigenvalue weighted by Crippen LogP contribution is -2.42. The van der Waals surface area contributed by atoms with Gasteiger partial charge in [-0.3, -0.25) is 4.79 Å². The quantitative estimate of drug-likeness (QED) is 0.792. The number of hydrogen-bond donors (Lipinski definition) is 2. The first-order chi connectivity index (χ1) is 7.99. The number of carboxylic acids is 1. The predicted molar refractivity (Wildman–Crippen MR) is 74.6 cm³/mol. The first-order valence-electron chi connectivity index (χ1n) is 5.36. The molecule has 0 heterocycles. The lowest BCUT2D eigenvalue weighted by Gasteiger charge is -2.16. The van der Waals surface area contributed by atoms with Gasteiger partial charge in [0.2, 0.25) is 0 Å². The van der Waals surface area contributed by atoms with Crippen LogP contribution in [-0.2, 0) is 4.79 Å². The highest BCUT2D eigenvalue weighted by atomic mass is 79.9. The number of halogens is 1. The second kappa shape index (κ2) is 7.03. The molecule has 0 saturated heterocycles. The highest BCUT2D eigenvalue weighted by Gasteiger charge is 2.18. The summed E-state index contributed by atoms with van der Waals surface area (Å²) in [6.45, 7) is 3.89. The maximum Gasteiger partial charge on any atom is 0.321 e. The first-order valence-corrected chi connectivity index (χ1v) is 7.14. The molecule has 0 bridgehead atoms. The number of thioether (sulfide) groups is 1. The van der Waals surface area contributed by atoms with Crippen molar-refractivity contribution in [3.05, 3.63) is 28.7 Å². The van der Waals surface area contributed by atoms with Crippen molar-refractivity contribution in [2.75, 3.05) is 5.75 Å². The fourth-order valence-electron chi connectivity index (χ4n) is 1.33. The summed E-state index contributed by atoms with van der Waals surface area (Å²) >= 11 is 4.93. The fourth-order valence-corrected chi connectivity index (χ4v) is 2.86. The molecule has 0 amide bonds. The van der Waals surface area contributed by atoms with Crippen LogP contribution in [0.3, 0.4) is 0 Å². The Bertz CT molecular complexity index is 385. The van der Waals surface area contributed by atoms with Gasteiger partial charge in [0.1, 0.15) is 6.04 Å². The lowest BCUT2D eigenvalue weighted by molar-refractivity contribution is -0.139. The van der Waals surface area contributed by atoms with Crippen molar-refractivity contribution in [1.29, 1.82) is 0 Å². The molecule has 1 rings (SSSR count). The third-order valence-corrected chi connectivity index (χ3v) is 3.63. The molecule has 0 aliphatic rings. The first kappa shape index (κ1) is 14.5. The van der Waals surface area contributed by atoms with Crippen LogP contribution in [0.4, 0.5) is 0 Å². The molecule has 0 fully saturated rings. The summed E-state index contributed by atoms with van der Waals surface area (Å²) in [5.74, 6) is -0.287. The number of aliphatic carboxylic acids is 1. The average molecular weight is 318 g/mol. The molecule has 0 radical (unpaired) electrons. The van der Waals surface area contributed by atoms with Crippen LogP contribution in [0.1, 0.15) is 13.8 Å². The van der Waals surface area contributed by atoms with Gasteiger partial charge in [-0.2, -0.15) is 0 Å². The van der Waals surface area contributed by atoms with Crippen molar-refractivity contribution in [2.24, 2.45) is 0 Å². The van der Waals surface area contributed by atoms with Gasteiger partial charge in [-0.15, -0.1) is 11.8 Å². The van der Waals surface area contributed by atoms with Crippen LogP contribution in [-0.4, -0.2) is 28.9 Å². The van der Waals surface area contributed by atoms with E-state index in [0.29, 0.717) is 5.75 Å². The zero-order valence-electron chi connectivity index (χ0n) is 9.81. The van der Waals surface area contributed by atoms with E-state index in [1.807, 2.05) is 38.1 Å². The zero-order chi connectivity index (χ0) is 12.8. The number of nitrogens with one attached hydrogen (secondary N) is 1. The van der Waals surface area contributed by atoms with Gasteiger partial charge in [-0.1, -0.05) is 35.8 Å². The standard InChI is InChI=1S/C12H16BrNO2S/c1-8(2)14-11(12(15)16)7-17-10-5-3-4-9(13)6-10/h3-6,8,11,14H,7H2,1-2H3,(H,15,16). The van der Waals surface area contributed by atoms with Crippen LogP contribution in [0, 0.1) is 0 Å². The molecule has 0 aliphatic heterocycles. The molecular weight excluding hydrogens is 302 g/mol. The third-order valence-electron chi connectivity index (χ3n) is 2.05. The minimum atomic E-state index is -0.804. The highest BCUT2D eigenvalue weighted by Crippen LogP contribution is 2.22. The number of hydrogen-bond acceptors (Lipinski definition) is 3. The van der Waals surface area contributed by atoms with Crippen molar-refractivity contribution < 1.29 is 9.90 Å². The van der Waals surface area contributed by atoms with Crippen molar-refractivity contribution in [2.45, 2.75) is 30.8 Å². The van der Waals surface area contributed by atoms with Gasteiger partial charge in [-0.25, -0.2) is 0 Å². The van der Waals surface area contributed by atoms with Gasteiger partial charge in [0, 0.05) is 21.2 Å². The predicted octanol–water partition coefficient (Wildman–Crippen LogP) is 2.99. The Balaban J connectivity index is 2.54. The second-order valence-electron chi connectivity index (χ2n) is 3.98. The van der Waals surface area contributed by atoms with E-state index in [1.54, 1.807) is 0 Å². The monoisotopic (exact) mass is 317 g/mol. The van der Waals surface area contributed by atoms with E-state index in [4.69, 9.17) is 5.11 Å². The molecule has 17 heavy (non-hydrogen) atoms. The molecule has 0 aromatic heterocycles. The Kier molecular flexibility index (Phi) is 6.02. The van der Waals surface area contributed by atoms with Crippen LogP contribution in [0.2, 0.25) is 0 Å². The summed E-state index contributed by atoms with van der Waals surface area (Å²) in [5.41, 5.74) is 0. The maximum absolute atomic E-state index is 11.0. The van der Waals surface area contributed by atoms with E-state index in [1.165, 1.54) is 11.8 Å². The number of carboxylic acid groups (broad SMARTS) is 1. The molecule has 1 atom stereocenters. The molecule has 0 aliphatic carbocycles. The SMILES string of the molecule is CC(C)NC(CSc1cccc(Br)c1)C(=O)O. The van der Waals surface area contributed by atoms with Gasteiger partial charge in [-0.05, 0) is 18.2 Å². The van der Waals surface area contributed by atoms with Crippen molar-refractivity contribution >= 4 is 33.7 Å². The van der Waals surface area contributed by atoms with Gasteiger partial charge in [0.25, 0.3) is 0 Å².